The van der Waals surface area contributed by atoms with Crippen LogP contribution in [-0.2, 0) is 11.3 Å². The van der Waals surface area contributed by atoms with Crippen LogP contribution in [0.25, 0.3) is 0 Å². The molecular weight excluding hydrogens is 378 g/mol. The number of rotatable bonds is 4. The Labute approximate surface area is 173 Å². The monoisotopic (exact) mass is 409 g/mol. The molecule has 0 aliphatic carbocycles. The van der Waals surface area contributed by atoms with E-state index in [2.05, 4.69) is 28.6 Å². The highest BCUT2D eigenvalue weighted by Crippen LogP contribution is 2.33. The van der Waals surface area contributed by atoms with Gasteiger partial charge in [0, 0.05) is 25.7 Å². The topological polar surface area (TPSA) is 72.3 Å². The zero-order chi connectivity index (χ0) is 18.7. The van der Waals surface area contributed by atoms with Gasteiger partial charge in [0.2, 0.25) is 0 Å². The quantitative estimate of drug-likeness (QED) is 0.774. The van der Waals surface area contributed by atoms with Gasteiger partial charge < -0.3 is 15.0 Å². The standard InChI is InChI=1S/C20H31N5O2.ClH/c1-16-6-13-27-20(14-16)7-11-24(12-8-20)19(26)18-15-25(23-22-18)10-5-17-4-2-3-9-21-17;/h14-15,17,21H,2-13H2,1H3;1H. The van der Waals surface area contributed by atoms with Crippen LogP contribution in [-0.4, -0.2) is 63.7 Å². The molecule has 1 unspecified atom stereocenters. The van der Waals surface area contributed by atoms with Gasteiger partial charge in [-0.05, 0) is 52.0 Å². The Bertz CT molecular complexity index is 691. The Morgan fingerprint density at radius 3 is 2.89 bits per heavy atom. The normalized spacial score (nSPS) is 24.5. The molecular formula is C20H32ClN5O2. The van der Waals surface area contributed by atoms with Crippen molar-refractivity contribution >= 4 is 18.3 Å². The summed E-state index contributed by atoms with van der Waals surface area (Å²) in [6.45, 7) is 6.30. The first-order valence-corrected chi connectivity index (χ1v) is 10.4. The summed E-state index contributed by atoms with van der Waals surface area (Å²) >= 11 is 0. The molecule has 1 amide bonds. The fourth-order valence-electron chi connectivity index (χ4n) is 4.48. The summed E-state index contributed by atoms with van der Waals surface area (Å²) in [5, 5.41) is 11.8. The number of piperidine rings is 2. The molecule has 0 saturated carbocycles. The summed E-state index contributed by atoms with van der Waals surface area (Å²) in [6, 6.07) is 0.562. The van der Waals surface area contributed by atoms with Gasteiger partial charge in [0.05, 0.1) is 18.4 Å². The Balaban J connectivity index is 0.00000225. The number of aryl methyl sites for hydroxylation is 1. The molecule has 1 spiro atoms. The average Bonchev–Trinajstić information content (AvgIpc) is 3.16. The van der Waals surface area contributed by atoms with Crippen molar-refractivity contribution in [1.29, 1.82) is 0 Å². The lowest BCUT2D eigenvalue weighted by molar-refractivity contribution is -0.0522. The summed E-state index contributed by atoms with van der Waals surface area (Å²) in [7, 11) is 0. The summed E-state index contributed by atoms with van der Waals surface area (Å²) in [4.78, 5) is 14.7. The van der Waals surface area contributed by atoms with Gasteiger partial charge >= 0.3 is 0 Å². The SMILES string of the molecule is CC1=CC2(CCN(C(=O)c3cn(CCC4CCCCN4)nn3)CC2)OCC1.Cl. The van der Waals surface area contributed by atoms with Crippen molar-refractivity contribution < 1.29 is 9.53 Å². The second kappa shape index (κ2) is 9.37. The third kappa shape index (κ3) is 4.93. The number of nitrogens with one attached hydrogen (secondary N) is 1. The molecule has 2 fully saturated rings. The van der Waals surface area contributed by atoms with Crippen molar-refractivity contribution in [1.82, 2.24) is 25.2 Å². The lowest BCUT2D eigenvalue weighted by Crippen LogP contribution is -2.48. The fourth-order valence-corrected chi connectivity index (χ4v) is 4.48. The van der Waals surface area contributed by atoms with Crippen molar-refractivity contribution in [3.8, 4) is 0 Å². The van der Waals surface area contributed by atoms with Crippen molar-refractivity contribution in [2.45, 2.75) is 70.1 Å². The summed E-state index contributed by atoms with van der Waals surface area (Å²) in [5.74, 6) is -0.0107. The molecule has 28 heavy (non-hydrogen) atoms. The van der Waals surface area contributed by atoms with Gasteiger partial charge in [0.15, 0.2) is 5.69 Å². The van der Waals surface area contributed by atoms with E-state index < -0.39 is 0 Å². The van der Waals surface area contributed by atoms with Gasteiger partial charge in [-0.3, -0.25) is 9.48 Å². The molecule has 4 rings (SSSR count). The van der Waals surface area contributed by atoms with Crippen molar-refractivity contribution in [3.05, 3.63) is 23.5 Å². The molecule has 156 valence electrons. The number of carbonyl (C=O) groups excluding carboxylic acids is 1. The number of nitrogens with zero attached hydrogens (tertiary/aromatic N) is 4. The first-order valence-electron chi connectivity index (χ1n) is 10.4. The highest BCUT2D eigenvalue weighted by molar-refractivity contribution is 5.92. The van der Waals surface area contributed by atoms with E-state index in [0.29, 0.717) is 24.8 Å². The number of hydrogen-bond acceptors (Lipinski definition) is 5. The van der Waals surface area contributed by atoms with Gasteiger partial charge in [0.25, 0.3) is 5.91 Å². The fraction of sp³-hybridized carbons (Fsp3) is 0.750. The highest BCUT2D eigenvalue weighted by atomic mass is 35.5. The van der Waals surface area contributed by atoms with E-state index in [1.165, 1.54) is 24.8 Å². The molecule has 4 heterocycles. The van der Waals surface area contributed by atoms with E-state index in [1.807, 2.05) is 9.58 Å². The minimum absolute atomic E-state index is 0. The zero-order valence-electron chi connectivity index (χ0n) is 16.7. The number of ether oxygens (including phenoxy) is 1. The predicted molar refractivity (Wildman–Crippen MR) is 110 cm³/mol. The molecule has 1 aromatic rings. The van der Waals surface area contributed by atoms with Crippen molar-refractivity contribution in [2.24, 2.45) is 0 Å². The molecule has 8 heteroatoms. The first kappa shape index (κ1) is 21.3. The van der Waals surface area contributed by atoms with E-state index in [-0.39, 0.29) is 23.9 Å². The Morgan fingerprint density at radius 1 is 1.36 bits per heavy atom. The molecule has 3 aliphatic heterocycles. The van der Waals surface area contributed by atoms with Crippen LogP contribution < -0.4 is 5.32 Å². The lowest BCUT2D eigenvalue weighted by Gasteiger charge is -2.41. The molecule has 2 saturated heterocycles. The predicted octanol–water partition coefficient (Wildman–Crippen LogP) is 2.57. The highest BCUT2D eigenvalue weighted by Gasteiger charge is 2.37. The third-order valence-corrected chi connectivity index (χ3v) is 6.17. The molecule has 0 aromatic carbocycles. The van der Waals surface area contributed by atoms with Crippen LogP contribution in [0, 0.1) is 0 Å². The van der Waals surface area contributed by atoms with Gasteiger partial charge in [0.1, 0.15) is 0 Å². The minimum atomic E-state index is -0.163. The number of carbonyl (C=O) groups is 1. The van der Waals surface area contributed by atoms with Crippen molar-refractivity contribution in [3.63, 3.8) is 0 Å². The maximum atomic E-state index is 12.8. The lowest BCUT2D eigenvalue weighted by atomic mass is 9.87. The summed E-state index contributed by atoms with van der Waals surface area (Å²) in [5.41, 5.74) is 1.69. The molecule has 1 N–H and O–H groups in total. The maximum absolute atomic E-state index is 12.8. The van der Waals surface area contributed by atoms with Crippen LogP contribution in [0.4, 0.5) is 0 Å². The van der Waals surface area contributed by atoms with E-state index in [9.17, 15) is 4.79 Å². The summed E-state index contributed by atoms with van der Waals surface area (Å²) in [6.07, 6.45) is 11.6. The van der Waals surface area contributed by atoms with E-state index >= 15 is 0 Å². The maximum Gasteiger partial charge on any atom is 0.276 e. The van der Waals surface area contributed by atoms with Gasteiger partial charge in [-0.2, -0.15) is 0 Å². The average molecular weight is 410 g/mol. The van der Waals surface area contributed by atoms with Crippen LogP contribution in [0.3, 0.4) is 0 Å². The second-order valence-corrected chi connectivity index (χ2v) is 8.25. The first-order chi connectivity index (χ1) is 13.1. The Hall–Kier alpha value is -1.44. The van der Waals surface area contributed by atoms with E-state index in [1.54, 1.807) is 6.20 Å². The van der Waals surface area contributed by atoms with Crippen LogP contribution >= 0.6 is 12.4 Å². The zero-order valence-corrected chi connectivity index (χ0v) is 17.5. The number of amides is 1. The Kier molecular flexibility index (Phi) is 7.12. The Morgan fingerprint density at radius 2 is 2.18 bits per heavy atom. The third-order valence-electron chi connectivity index (χ3n) is 6.17. The largest absolute Gasteiger partial charge is 0.370 e. The summed E-state index contributed by atoms with van der Waals surface area (Å²) < 4.78 is 7.86. The van der Waals surface area contributed by atoms with Gasteiger partial charge in [-0.25, -0.2) is 0 Å². The smallest absolute Gasteiger partial charge is 0.276 e. The second-order valence-electron chi connectivity index (χ2n) is 8.25. The molecule has 0 radical (unpaired) electrons. The number of aromatic nitrogens is 3. The number of likely N-dealkylation sites (tertiary alicyclic amines) is 1. The van der Waals surface area contributed by atoms with Crippen LogP contribution in [0.1, 0.15) is 62.4 Å². The molecule has 1 atom stereocenters. The number of hydrogen-bond donors (Lipinski definition) is 1. The van der Waals surface area contributed by atoms with E-state index in [0.717, 1.165) is 45.4 Å². The minimum Gasteiger partial charge on any atom is -0.370 e. The van der Waals surface area contributed by atoms with Crippen LogP contribution in [0.2, 0.25) is 0 Å². The molecule has 1 aromatic heterocycles. The molecule has 7 nitrogen and oxygen atoms in total. The van der Waals surface area contributed by atoms with Crippen LogP contribution in [0.15, 0.2) is 17.8 Å². The van der Waals surface area contributed by atoms with Crippen LogP contribution in [0.5, 0.6) is 0 Å². The van der Waals surface area contributed by atoms with Gasteiger partial charge in [-0.1, -0.05) is 23.3 Å². The molecule has 0 bridgehead atoms. The van der Waals surface area contributed by atoms with E-state index in [4.69, 9.17) is 4.74 Å². The van der Waals surface area contributed by atoms with Crippen molar-refractivity contribution in [2.75, 3.05) is 26.2 Å². The molecule has 3 aliphatic rings. The van der Waals surface area contributed by atoms with Gasteiger partial charge in [-0.15, -0.1) is 17.5 Å². The number of halogens is 1.